The van der Waals surface area contributed by atoms with E-state index in [2.05, 4.69) is 80.9 Å². The summed E-state index contributed by atoms with van der Waals surface area (Å²) in [5, 5.41) is 18.1. The van der Waals surface area contributed by atoms with Crippen molar-refractivity contribution in [3.05, 3.63) is 119 Å². The average Bonchev–Trinajstić information content (AvgIpc) is 3.60. The van der Waals surface area contributed by atoms with Gasteiger partial charge in [-0.3, -0.25) is 29.3 Å². The molecule has 0 radical (unpaired) electrons. The molecule has 4 aliphatic rings. The number of piperazine rings is 1. The molecule has 3 aliphatic heterocycles. The van der Waals surface area contributed by atoms with Crippen molar-refractivity contribution >= 4 is 34.3 Å². The first kappa shape index (κ1) is 39.8. The van der Waals surface area contributed by atoms with Crippen LogP contribution in [0.25, 0.3) is 10.9 Å². The van der Waals surface area contributed by atoms with Crippen LogP contribution in [0.3, 0.4) is 0 Å². The molecule has 0 spiro atoms. The minimum absolute atomic E-state index is 0.0118. The van der Waals surface area contributed by atoms with E-state index in [4.69, 9.17) is 4.74 Å². The highest BCUT2D eigenvalue weighted by Crippen LogP contribution is 2.47. The molecular weight excluding hydrogens is 753 g/mol. The van der Waals surface area contributed by atoms with Gasteiger partial charge in [0.2, 0.25) is 11.8 Å². The van der Waals surface area contributed by atoms with Gasteiger partial charge in [-0.25, -0.2) is 0 Å². The van der Waals surface area contributed by atoms with Crippen molar-refractivity contribution in [3.8, 4) is 11.5 Å². The number of ether oxygens (including phenoxy) is 1. The van der Waals surface area contributed by atoms with Gasteiger partial charge in [0.25, 0.3) is 5.91 Å². The number of fused-ring (bicyclic) bond motifs is 2. The number of benzene rings is 4. The number of phenols is 1. The van der Waals surface area contributed by atoms with Crippen molar-refractivity contribution < 1.29 is 24.2 Å². The molecule has 312 valence electrons. The molecule has 4 aromatic carbocycles. The molecule has 3 saturated heterocycles. The highest BCUT2D eigenvalue weighted by atomic mass is 16.5. The number of aryl methyl sites for hydroxylation is 2. The molecule has 11 heteroatoms. The molecule has 60 heavy (non-hydrogen) atoms. The van der Waals surface area contributed by atoms with Crippen LogP contribution in [0.15, 0.2) is 91.0 Å². The fourth-order valence-electron chi connectivity index (χ4n) is 10.3. The number of amides is 3. The molecule has 0 bridgehead atoms. The van der Waals surface area contributed by atoms with Crippen LogP contribution in [0.1, 0.15) is 90.6 Å². The summed E-state index contributed by atoms with van der Waals surface area (Å²) in [7, 11) is 1.82. The van der Waals surface area contributed by atoms with Gasteiger partial charge < -0.3 is 19.6 Å². The van der Waals surface area contributed by atoms with E-state index < -0.39 is 5.92 Å². The zero-order valence-electron chi connectivity index (χ0n) is 34.6. The Balaban J connectivity index is 0.705. The van der Waals surface area contributed by atoms with Crippen molar-refractivity contribution in [2.75, 3.05) is 57.3 Å². The molecule has 3 fully saturated rings. The summed E-state index contributed by atoms with van der Waals surface area (Å²) in [5.74, 6) is 1.31. The first-order valence-electron chi connectivity index (χ1n) is 21.9. The number of imide groups is 1. The number of nitrogens with zero attached hydrogens (tertiary/aromatic N) is 5. The summed E-state index contributed by atoms with van der Waals surface area (Å²) in [4.78, 5) is 44.2. The Morgan fingerprint density at radius 1 is 0.833 bits per heavy atom. The van der Waals surface area contributed by atoms with Gasteiger partial charge in [-0.15, -0.1) is 0 Å². The molecule has 3 atom stereocenters. The number of carbonyl (C=O) groups is 3. The third kappa shape index (κ3) is 8.50. The predicted octanol–water partition coefficient (Wildman–Crippen LogP) is 6.88. The summed E-state index contributed by atoms with van der Waals surface area (Å²) in [6, 6.07) is 31.8. The molecule has 5 aromatic rings. The highest BCUT2D eigenvalue weighted by Gasteiger charge is 2.34. The Bertz CT molecular complexity index is 2330. The quantitative estimate of drug-likeness (QED) is 0.139. The largest absolute Gasteiger partial charge is 0.508 e. The van der Waals surface area contributed by atoms with Crippen LogP contribution in [0.2, 0.25) is 0 Å². The Morgan fingerprint density at radius 2 is 1.62 bits per heavy atom. The van der Waals surface area contributed by atoms with Crippen molar-refractivity contribution in [1.29, 1.82) is 0 Å². The lowest BCUT2D eigenvalue weighted by Gasteiger charge is -2.36. The van der Waals surface area contributed by atoms with Crippen LogP contribution < -0.4 is 15.0 Å². The Morgan fingerprint density at radius 3 is 2.38 bits per heavy atom. The fourth-order valence-corrected chi connectivity index (χ4v) is 10.3. The van der Waals surface area contributed by atoms with E-state index >= 15 is 0 Å². The van der Waals surface area contributed by atoms with Crippen molar-refractivity contribution in [2.45, 2.75) is 69.1 Å². The summed E-state index contributed by atoms with van der Waals surface area (Å²) in [6.45, 7) is 6.39. The third-order valence-electron chi connectivity index (χ3n) is 13.6. The maximum absolute atomic E-state index is 13.1. The van der Waals surface area contributed by atoms with E-state index in [1.54, 1.807) is 4.68 Å². The Hall–Kier alpha value is -5.68. The van der Waals surface area contributed by atoms with Gasteiger partial charge in [-0.2, -0.15) is 5.10 Å². The van der Waals surface area contributed by atoms with Gasteiger partial charge in [-0.1, -0.05) is 48.5 Å². The second-order valence-corrected chi connectivity index (χ2v) is 17.3. The number of anilines is 1. The number of rotatable bonds is 11. The molecule has 3 amide bonds. The number of hydrogen-bond acceptors (Lipinski definition) is 8. The van der Waals surface area contributed by atoms with E-state index in [0.29, 0.717) is 49.0 Å². The SMILES string of the molecule is Cn1nc(C2CCC(=O)NC2=O)c2ccc(OCC(=O)N3CCN(CCCC4CCN(c5ccc([C@@H]6c7ccc(O)cc7CC[C@@H]6c6ccccc6)cc5)CC4)CC3)cc21. The molecule has 1 aromatic heterocycles. The first-order chi connectivity index (χ1) is 29.3. The Kier molecular flexibility index (Phi) is 11.6. The van der Waals surface area contributed by atoms with Crippen LogP contribution in [-0.2, 0) is 27.9 Å². The van der Waals surface area contributed by atoms with Gasteiger partial charge >= 0.3 is 0 Å². The number of nitrogens with one attached hydrogen (secondary N) is 1. The van der Waals surface area contributed by atoms with Crippen LogP contribution in [0.4, 0.5) is 5.69 Å². The molecule has 4 heterocycles. The Labute approximate surface area is 352 Å². The van der Waals surface area contributed by atoms with Gasteiger partial charge in [0.1, 0.15) is 11.5 Å². The highest BCUT2D eigenvalue weighted by molar-refractivity contribution is 6.02. The van der Waals surface area contributed by atoms with E-state index in [1.165, 1.54) is 53.6 Å². The van der Waals surface area contributed by atoms with E-state index in [9.17, 15) is 19.5 Å². The molecule has 1 aliphatic carbocycles. The first-order valence-corrected chi connectivity index (χ1v) is 21.9. The van der Waals surface area contributed by atoms with Gasteiger partial charge in [0, 0.05) is 75.8 Å². The lowest BCUT2D eigenvalue weighted by Crippen LogP contribution is -2.50. The van der Waals surface area contributed by atoms with E-state index in [1.807, 2.05) is 42.3 Å². The van der Waals surface area contributed by atoms with Crippen molar-refractivity contribution in [3.63, 3.8) is 0 Å². The van der Waals surface area contributed by atoms with Crippen molar-refractivity contribution in [2.24, 2.45) is 13.0 Å². The zero-order chi connectivity index (χ0) is 41.2. The normalized spacial score (nSPS) is 21.5. The predicted molar refractivity (Wildman–Crippen MR) is 232 cm³/mol. The standard InChI is InChI=1S/C49H56N6O5/c1-52-44-31-39(15-18-42(44)48(51-52)43-19-20-45(57)50-49(43)59)60-32-46(58)55-28-26-53(27-29-55)23-5-6-33-21-24-54(25-22-33)37-12-9-35(10-13-37)47-40(34-7-3-2-4-8-34)16-11-36-30-38(56)14-17-41(36)47/h2-4,7-10,12-15,17-18,30-31,33,40,43,47,56H,5-6,11,16,19-29,32H2,1H3,(H,50,57,59)/t40-,43?,47+/m1/s1. The summed E-state index contributed by atoms with van der Waals surface area (Å²) < 4.78 is 7.67. The molecule has 0 saturated carbocycles. The molecule has 1 unspecified atom stereocenters. The van der Waals surface area contributed by atoms with E-state index in [-0.39, 0.29) is 30.2 Å². The lowest BCUT2D eigenvalue weighted by atomic mass is 9.69. The lowest BCUT2D eigenvalue weighted by molar-refractivity contribution is -0.135. The van der Waals surface area contributed by atoms with E-state index in [0.717, 1.165) is 62.4 Å². The smallest absolute Gasteiger partial charge is 0.260 e. The number of piperidine rings is 2. The molecule has 11 nitrogen and oxygen atoms in total. The zero-order valence-corrected chi connectivity index (χ0v) is 34.6. The molecule has 9 rings (SSSR count). The second kappa shape index (κ2) is 17.5. The van der Waals surface area contributed by atoms with Crippen LogP contribution >= 0.6 is 0 Å². The maximum Gasteiger partial charge on any atom is 0.260 e. The van der Waals surface area contributed by atoms with Crippen molar-refractivity contribution in [1.82, 2.24) is 24.9 Å². The maximum atomic E-state index is 13.1. The summed E-state index contributed by atoms with van der Waals surface area (Å²) in [6.07, 6.45) is 7.64. The number of carbonyl (C=O) groups excluding carboxylic acids is 3. The third-order valence-corrected chi connectivity index (χ3v) is 13.6. The monoisotopic (exact) mass is 808 g/mol. The van der Waals surface area contributed by atoms with Crippen LogP contribution in [-0.4, -0.2) is 94.8 Å². The molecule has 2 N–H and O–H groups in total. The van der Waals surface area contributed by atoms with Crippen LogP contribution in [0.5, 0.6) is 11.5 Å². The minimum atomic E-state index is -0.466. The average molecular weight is 809 g/mol. The topological polar surface area (TPSA) is 120 Å². The number of phenolic OH excluding ortho intramolecular Hbond substituents is 1. The number of aromatic hydroxyl groups is 1. The van der Waals surface area contributed by atoms with Gasteiger partial charge in [-0.05, 0) is 122 Å². The van der Waals surface area contributed by atoms with Crippen LogP contribution in [0, 0.1) is 5.92 Å². The number of aromatic nitrogens is 2. The summed E-state index contributed by atoms with van der Waals surface area (Å²) in [5.41, 5.74) is 8.11. The minimum Gasteiger partial charge on any atom is -0.508 e. The second-order valence-electron chi connectivity index (χ2n) is 17.3. The van der Waals surface area contributed by atoms with Gasteiger partial charge in [0.15, 0.2) is 6.61 Å². The summed E-state index contributed by atoms with van der Waals surface area (Å²) >= 11 is 0. The fraction of sp³-hybridized carbons (Fsp3) is 0.429. The van der Waals surface area contributed by atoms with Gasteiger partial charge in [0.05, 0.1) is 17.1 Å². The molecular formula is C49H56N6O5. The number of hydrogen-bond donors (Lipinski definition) is 2.